The van der Waals surface area contributed by atoms with Gasteiger partial charge in [-0.15, -0.1) is 0 Å². The fourth-order valence-electron chi connectivity index (χ4n) is 7.21. The molecule has 4 aromatic rings. The average Bonchev–Trinajstić information content (AvgIpc) is 3.52. The number of aliphatic hydroxyl groups excluding tert-OH is 1. The lowest BCUT2D eigenvalue weighted by atomic mass is 9.68. The Kier molecular flexibility index (Phi) is 7.93. The minimum absolute atomic E-state index is 0.0303. The quantitative estimate of drug-likeness (QED) is 0.306. The fourth-order valence-corrected chi connectivity index (χ4v) is 7.21. The minimum Gasteiger partial charge on any atom is -0.497 e. The van der Waals surface area contributed by atoms with Gasteiger partial charge < -0.3 is 38.6 Å². The molecule has 1 atom stereocenters. The molecule has 2 aliphatic heterocycles. The van der Waals surface area contributed by atoms with Gasteiger partial charge in [-0.25, -0.2) is 4.79 Å². The number of hydrogen-bond donors (Lipinski definition) is 2. The highest BCUT2D eigenvalue weighted by Gasteiger charge is 2.48. The summed E-state index contributed by atoms with van der Waals surface area (Å²) in [5.41, 5.74) is 5.52. The zero-order chi connectivity index (χ0) is 31.2. The van der Waals surface area contributed by atoms with E-state index in [9.17, 15) is 9.90 Å². The summed E-state index contributed by atoms with van der Waals surface area (Å²) in [6, 6.07) is 11.7. The summed E-state index contributed by atoms with van der Waals surface area (Å²) in [6.07, 6.45) is 1.55. The van der Waals surface area contributed by atoms with Crippen molar-refractivity contribution in [2.45, 2.75) is 44.7 Å². The van der Waals surface area contributed by atoms with E-state index in [-0.39, 0.29) is 24.1 Å². The van der Waals surface area contributed by atoms with Crippen molar-refractivity contribution < 1.29 is 28.6 Å². The van der Waals surface area contributed by atoms with Crippen molar-refractivity contribution in [2.24, 2.45) is 7.05 Å². The number of likely N-dealkylation sites (tertiary alicyclic amines) is 1. The van der Waals surface area contributed by atoms with Crippen LogP contribution in [0.15, 0.2) is 40.9 Å². The predicted molar refractivity (Wildman–Crippen MR) is 167 cm³/mol. The molecule has 0 aliphatic carbocycles. The van der Waals surface area contributed by atoms with Gasteiger partial charge in [0.15, 0.2) is 5.76 Å². The molecular formula is C33H41N5O6. The average molecular weight is 604 g/mol. The third-order valence-electron chi connectivity index (χ3n) is 9.49. The summed E-state index contributed by atoms with van der Waals surface area (Å²) >= 11 is 0. The molecule has 6 rings (SSSR count). The van der Waals surface area contributed by atoms with Crippen LogP contribution in [0.5, 0.6) is 17.2 Å². The van der Waals surface area contributed by atoms with Gasteiger partial charge in [-0.3, -0.25) is 4.90 Å². The molecule has 2 aromatic heterocycles. The van der Waals surface area contributed by atoms with Crippen molar-refractivity contribution in [1.82, 2.24) is 19.5 Å². The third-order valence-corrected chi connectivity index (χ3v) is 9.49. The Morgan fingerprint density at radius 2 is 1.73 bits per heavy atom. The number of methoxy groups -OCH3 is 3. The first-order valence-corrected chi connectivity index (χ1v) is 14.9. The van der Waals surface area contributed by atoms with Gasteiger partial charge in [-0.1, -0.05) is 5.16 Å². The standard InChI is InChI=1S/C33H41N5O6/c1-20-30(21(2)44-35-20)34-32(40)37-11-9-33(10-12-37)19-38(17-22-13-24(42-5)15-25(14-22)43-6)28(18-39)31-29(33)26-8-7-23(41-4)16-27(26)36(31)3/h7-8,13-16,28,39H,9-12,17-19H2,1-6H3,(H,34,40)/t28-/m0/s1. The Bertz CT molecular complexity index is 1640. The highest BCUT2D eigenvalue weighted by Crippen LogP contribution is 2.50. The number of amides is 2. The molecule has 11 heteroatoms. The third kappa shape index (κ3) is 5.03. The maximum Gasteiger partial charge on any atom is 0.321 e. The largest absolute Gasteiger partial charge is 0.497 e. The number of piperidine rings is 1. The topological polar surface area (TPSA) is 114 Å². The van der Waals surface area contributed by atoms with Crippen LogP contribution in [-0.2, 0) is 19.0 Å². The van der Waals surface area contributed by atoms with Crippen LogP contribution in [0.25, 0.3) is 10.9 Å². The van der Waals surface area contributed by atoms with E-state index in [2.05, 4.69) is 39.1 Å². The molecule has 2 aliphatic rings. The van der Waals surface area contributed by atoms with Crippen LogP contribution >= 0.6 is 0 Å². The second kappa shape index (κ2) is 11.7. The molecule has 0 saturated carbocycles. The first kappa shape index (κ1) is 29.8. The van der Waals surface area contributed by atoms with Crippen LogP contribution in [-0.4, -0.2) is 78.2 Å². The lowest BCUT2D eigenvalue weighted by Crippen LogP contribution is -2.55. The lowest BCUT2D eigenvalue weighted by molar-refractivity contribution is 0.0475. The van der Waals surface area contributed by atoms with Crippen molar-refractivity contribution in [3.63, 3.8) is 0 Å². The summed E-state index contributed by atoms with van der Waals surface area (Å²) in [4.78, 5) is 17.6. The molecule has 4 heterocycles. The van der Waals surface area contributed by atoms with Gasteiger partial charge in [0.2, 0.25) is 0 Å². The molecule has 1 fully saturated rings. The molecule has 1 spiro atoms. The molecule has 11 nitrogen and oxygen atoms in total. The van der Waals surface area contributed by atoms with E-state index in [4.69, 9.17) is 18.7 Å². The second-order valence-corrected chi connectivity index (χ2v) is 11.9. The maximum atomic E-state index is 13.4. The van der Waals surface area contributed by atoms with Crippen molar-refractivity contribution in [3.8, 4) is 17.2 Å². The molecule has 2 amide bonds. The number of aliphatic hydroxyl groups is 1. The van der Waals surface area contributed by atoms with Crippen LogP contribution < -0.4 is 19.5 Å². The number of fused-ring (bicyclic) bond motifs is 4. The van der Waals surface area contributed by atoms with Crippen molar-refractivity contribution >= 4 is 22.6 Å². The van der Waals surface area contributed by atoms with E-state index >= 15 is 0 Å². The number of nitrogens with zero attached hydrogens (tertiary/aromatic N) is 4. The van der Waals surface area contributed by atoms with E-state index in [1.54, 1.807) is 28.3 Å². The van der Waals surface area contributed by atoms with Crippen molar-refractivity contribution in [2.75, 3.05) is 52.9 Å². The van der Waals surface area contributed by atoms with Crippen LogP contribution in [0, 0.1) is 13.8 Å². The van der Waals surface area contributed by atoms with Crippen LogP contribution in [0.1, 0.15) is 47.2 Å². The first-order valence-electron chi connectivity index (χ1n) is 14.9. The summed E-state index contributed by atoms with van der Waals surface area (Å²) < 4.78 is 24.2. The van der Waals surface area contributed by atoms with Gasteiger partial charge >= 0.3 is 6.03 Å². The smallest absolute Gasteiger partial charge is 0.321 e. The Hall–Kier alpha value is -4.22. The van der Waals surface area contributed by atoms with Crippen LogP contribution in [0.3, 0.4) is 0 Å². The fraction of sp³-hybridized carbons (Fsp3) is 0.455. The molecule has 2 N–H and O–H groups in total. The van der Waals surface area contributed by atoms with Crippen molar-refractivity contribution in [3.05, 3.63) is 64.7 Å². The number of aryl methyl sites for hydroxylation is 3. The number of ether oxygens (including phenoxy) is 3. The number of aromatic nitrogens is 2. The van der Waals surface area contributed by atoms with Gasteiger partial charge in [0.25, 0.3) is 0 Å². The summed E-state index contributed by atoms with van der Waals surface area (Å²) in [5, 5.41) is 19.0. The van der Waals surface area contributed by atoms with Crippen molar-refractivity contribution in [1.29, 1.82) is 0 Å². The van der Waals surface area contributed by atoms with E-state index in [0.717, 1.165) is 58.8 Å². The van der Waals surface area contributed by atoms with Gasteiger partial charge in [0.05, 0.1) is 39.5 Å². The van der Waals surface area contributed by atoms with Gasteiger partial charge in [-0.2, -0.15) is 0 Å². The number of benzene rings is 2. The van der Waals surface area contributed by atoms with Crippen LogP contribution in [0.4, 0.5) is 10.5 Å². The van der Waals surface area contributed by atoms with E-state index in [1.165, 1.54) is 5.56 Å². The highest BCUT2D eigenvalue weighted by atomic mass is 16.5. The molecule has 0 radical (unpaired) electrons. The van der Waals surface area contributed by atoms with E-state index in [0.29, 0.717) is 36.8 Å². The van der Waals surface area contributed by atoms with E-state index < -0.39 is 0 Å². The monoisotopic (exact) mass is 603 g/mol. The Morgan fingerprint density at radius 3 is 2.32 bits per heavy atom. The number of carbonyl (C=O) groups excluding carboxylic acids is 1. The zero-order valence-corrected chi connectivity index (χ0v) is 26.3. The van der Waals surface area contributed by atoms with Crippen LogP contribution in [0.2, 0.25) is 0 Å². The minimum atomic E-state index is -0.238. The van der Waals surface area contributed by atoms with Gasteiger partial charge in [0.1, 0.15) is 28.6 Å². The molecule has 0 bridgehead atoms. The second-order valence-electron chi connectivity index (χ2n) is 11.9. The number of urea groups is 1. The Balaban J connectivity index is 1.38. The molecular weight excluding hydrogens is 562 g/mol. The SMILES string of the molecule is COc1cc(CN2CC3(CCN(C(=O)Nc4c(C)noc4C)CC3)c3c(n(C)c4cc(OC)ccc34)[C@@H]2CO)cc(OC)c1. The number of anilines is 1. The number of rotatable bonds is 7. The predicted octanol–water partition coefficient (Wildman–Crippen LogP) is 4.92. The number of carbonyl (C=O) groups is 1. The normalized spacial score (nSPS) is 18.0. The Morgan fingerprint density at radius 1 is 1.05 bits per heavy atom. The summed E-state index contributed by atoms with van der Waals surface area (Å²) in [5.74, 6) is 2.83. The molecule has 1 saturated heterocycles. The van der Waals surface area contributed by atoms with Gasteiger partial charge in [-0.05, 0) is 62.1 Å². The maximum absolute atomic E-state index is 13.4. The number of nitrogens with one attached hydrogen (secondary N) is 1. The molecule has 234 valence electrons. The Labute approximate surface area is 257 Å². The highest BCUT2D eigenvalue weighted by molar-refractivity contribution is 5.91. The first-order chi connectivity index (χ1) is 21.2. The lowest BCUT2D eigenvalue weighted by Gasteiger charge is -2.50. The molecule has 0 unspecified atom stereocenters. The summed E-state index contributed by atoms with van der Waals surface area (Å²) in [7, 11) is 7.05. The molecule has 2 aromatic carbocycles. The summed E-state index contributed by atoms with van der Waals surface area (Å²) in [6.45, 7) is 6.09. The number of hydrogen-bond acceptors (Lipinski definition) is 8. The van der Waals surface area contributed by atoms with E-state index in [1.807, 2.05) is 36.1 Å². The molecule has 44 heavy (non-hydrogen) atoms. The van der Waals surface area contributed by atoms with Gasteiger partial charge in [0, 0.05) is 61.9 Å². The zero-order valence-electron chi connectivity index (χ0n) is 26.3.